The summed E-state index contributed by atoms with van der Waals surface area (Å²) in [5.74, 6) is 0.362. The van der Waals surface area contributed by atoms with Gasteiger partial charge in [-0.2, -0.15) is 0 Å². The summed E-state index contributed by atoms with van der Waals surface area (Å²) >= 11 is 0. The Balaban J connectivity index is 1.85. The molecule has 0 aromatic heterocycles. The topological polar surface area (TPSA) is 27.7 Å². The van der Waals surface area contributed by atoms with Crippen LogP contribution >= 0.6 is 0 Å². The van der Waals surface area contributed by atoms with Gasteiger partial charge in [-0.05, 0) is 37.7 Å². The zero-order valence-electron chi connectivity index (χ0n) is 14.1. The maximum atomic E-state index is 6.41. The Kier molecular flexibility index (Phi) is 2.59. The van der Waals surface area contributed by atoms with E-state index >= 15 is 0 Å². The van der Waals surface area contributed by atoms with E-state index in [1.807, 2.05) is 13.8 Å². The van der Waals surface area contributed by atoms with E-state index in [9.17, 15) is 0 Å². The number of ether oxygens (including phenoxy) is 3. The Morgan fingerprint density at radius 1 is 1.05 bits per heavy atom. The van der Waals surface area contributed by atoms with E-state index in [0.29, 0.717) is 17.9 Å². The van der Waals surface area contributed by atoms with Crippen LogP contribution in [0.2, 0.25) is 0 Å². The summed E-state index contributed by atoms with van der Waals surface area (Å²) in [5.41, 5.74) is 1.81. The molecule has 0 spiro atoms. The van der Waals surface area contributed by atoms with E-state index < -0.39 is 5.79 Å². The molecule has 1 saturated heterocycles. The van der Waals surface area contributed by atoms with Crippen LogP contribution in [0, 0.1) is 22.7 Å². The second-order valence-corrected chi connectivity index (χ2v) is 8.84. The van der Waals surface area contributed by atoms with E-state index in [1.54, 1.807) is 0 Å². The van der Waals surface area contributed by atoms with Gasteiger partial charge in [0.15, 0.2) is 5.79 Å². The number of rotatable bonds is 0. The van der Waals surface area contributed by atoms with Gasteiger partial charge in [0, 0.05) is 17.3 Å². The lowest BCUT2D eigenvalue weighted by Gasteiger charge is -2.58. The molecule has 0 bridgehead atoms. The van der Waals surface area contributed by atoms with Gasteiger partial charge in [0.25, 0.3) is 0 Å². The maximum Gasteiger partial charge on any atom is 0.163 e. The van der Waals surface area contributed by atoms with Crippen molar-refractivity contribution in [3.8, 4) is 0 Å². The molecule has 3 nitrogen and oxygen atoms in total. The molecule has 3 heteroatoms. The molecule has 0 radical (unpaired) electrons. The molecular weight excluding hydrogens is 264 g/mol. The molecule has 4 rings (SSSR count). The predicted molar refractivity (Wildman–Crippen MR) is 80.6 cm³/mol. The van der Waals surface area contributed by atoms with Crippen molar-refractivity contribution in [2.75, 3.05) is 0 Å². The van der Waals surface area contributed by atoms with Gasteiger partial charge < -0.3 is 14.2 Å². The lowest BCUT2D eigenvalue weighted by atomic mass is 9.47. The van der Waals surface area contributed by atoms with Crippen LogP contribution in [0.1, 0.15) is 54.4 Å². The van der Waals surface area contributed by atoms with Crippen LogP contribution in [0.5, 0.6) is 0 Å². The zero-order chi connectivity index (χ0) is 15.2. The normalized spacial score (nSPS) is 52.7. The predicted octanol–water partition coefficient (Wildman–Crippen LogP) is 3.88. The SMILES string of the molecule is C[C@H]1C2=CO[C@H]3CCC(C)(C)[C@H]([C@@H]4OC(C)(C)O[C@@H]41)[C@@]23C. The minimum Gasteiger partial charge on any atom is -0.497 e. The highest BCUT2D eigenvalue weighted by Crippen LogP contribution is 2.66. The van der Waals surface area contributed by atoms with Gasteiger partial charge in [0.2, 0.25) is 0 Å². The molecule has 0 aromatic rings. The molecule has 0 aromatic carbocycles. The molecule has 21 heavy (non-hydrogen) atoms. The first-order chi connectivity index (χ1) is 9.67. The number of fused-ring (bicyclic) bond motifs is 2. The third-order valence-corrected chi connectivity index (χ3v) is 6.66. The van der Waals surface area contributed by atoms with Crippen molar-refractivity contribution < 1.29 is 14.2 Å². The molecule has 2 heterocycles. The van der Waals surface area contributed by atoms with E-state index in [1.165, 1.54) is 12.0 Å². The van der Waals surface area contributed by atoms with Gasteiger partial charge >= 0.3 is 0 Å². The second-order valence-electron chi connectivity index (χ2n) is 8.84. The average molecular weight is 292 g/mol. The molecular formula is C18H28O3. The van der Waals surface area contributed by atoms with E-state index in [4.69, 9.17) is 14.2 Å². The van der Waals surface area contributed by atoms with Gasteiger partial charge in [-0.1, -0.05) is 27.7 Å². The quantitative estimate of drug-likeness (QED) is 0.678. The Bertz CT molecular complexity index is 507. The molecule has 3 fully saturated rings. The highest BCUT2D eigenvalue weighted by Gasteiger charge is 2.68. The minimum atomic E-state index is -0.469. The molecule has 2 aliphatic heterocycles. The first kappa shape index (κ1) is 14.1. The summed E-state index contributed by atoms with van der Waals surface area (Å²) in [4.78, 5) is 0. The van der Waals surface area contributed by atoms with E-state index in [0.717, 1.165) is 6.42 Å². The van der Waals surface area contributed by atoms with Crippen molar-refractivity contribution >= 4 is 0 Å². The maximum absolute atomic E-state index is 6.41. The summed E-state index contributed by atoms with van der Waals surface area (Å²) in [7, 11) is 0. The van der Waals surface area contributed by atoms with Crippen molar-refractivity contribution in [2.24, 2.45) is 22.7 Å². The first-order valence-corrected chi connectivity index (χ1v) is 8.38. The molecule has 118 valence electrons. The summed E-state index contributed by atoms with van der Waals surface area (Å²) in [6, 6.07) is 0. The standard InChI is InChI=1S/C18H28O3/c1-10-11-9-19-12-7-8-16(2,3)15(18(11,12)6)14-13(10)20-17(4,5)21-14/h9-10,12-15H,7-8H2,1-6H3/t10-,12-,13+,14+,15-,18-/m0/s1. The summed E-state index contributed by atoms with van der Waals surface area (Å²) in [6.07, 6.45) is 5.05. The Labute approximate surface area is 128 Å². The monoisotopic (exact) mass is 292 g/mol. The fourth-order valence-electron chi connectivity index (χ4n) is 5.85. The lowest BCUT2D eigenvalue weighted by molar-refractivity contribution is -0.172. The largest absolute Gasteiger partial charge is 0.497 e. The smallest absolute Gasteiger partial charge is 0.163 e. The van der Waals surface area contributed by atoms with Crippen molar-refractivity contribution in [2.45, 2.75) is 78.5 Å². The van der Waals surface area contributed by atoms with Crippen LogP contribution in [-0.2, 0) is 14.2 Å². The lowest BCUT2D eigenvalue weighted by Crippen LogP contribution is -2.61. The molecule has 0 unspecified atom stereocenters. The van der Waals surface area contributed by atoms with Gasteiger partial charge in [0.05, 0.1) is 18.5 Å². The van der Waals surface area contributed by atoms with Crippen LogP contribution < -0.4 is 0 Å². The number of hydrogen-bond donors (Lipinski definition) is 0. The first-order valence-electron chi connectivity index (χ1n) is 8.38. The Morgan fingerprint density at radius 2 is 1.71 bits per heavy atom. The van der Waals surface area contributed by atoms with Gasteiger partial charge in [0.1, 0.15) is 6.10 Å². The molecule has 0 N–H and O–H groups in total. The summed E-state index contributed by atoms with van der Waals surface area (Å²) in [6.45, 7) is 13.6. The summed E-state index contributed by atoms with van der Waals surface area (Å²) < 4.78 is 18.8. The second kappa shape index (κ2) is 3.86. The zero-order valence-corrected chi connectivity index (χ0v) is 14.1. The third-order valence-electron chi connectivity index (χ3n) is 6.66. The fourth-order valence-corrected chi connectivity index (χ4v) is 5.85. The van der Waals surface area contributed by atoms with Gasteiger partial charge in [-0.3, -0.25) is 0 Å². The van der Waals surface area contributed by atoms with Crippen LogP contribution in [0.25, 0.3) is 0 Å². The molecule has 4 aliphatic rings. The van der Waals surface area contributed by atoms with Crippen LogP contribution in [0.15, 0.2) is 11.8 Å². The third kappa shape index (κ3) is 1.62. The van der Waals surface area contributed by atoms with Crippen molar-refractivity contribution in [3.63, 3.8) is 0 Å². The highest BCUT2D eigenvalue weighted by atomic mass is 16.8. The van der Waals surface area contributed by atoms with Crippen molar-refractivity contribution in [3.05, 3.63) is 11.8 Å². The molecule has 2 aliphatic carbocycles. The van der Waals surface area contributed by atoms with E-state index in [2.05, 4.69) is 34.0 Å². The van der Waals surface area contributed by atoms with E-state index in [-0.39, 0.29) is 23.0 Å². The van der Waals surface area contributed by atoms with Crippen LogP contribution in [-0.4, -0.2) is 24.1 Å². The number of hydrogen-bond acceptors (Lipinski definition) is 3. The Hall–Kier alpha value is -0.540. The average Bonchev–Trinajstić information content (AvgIpc) is 2.83. The molecule has 0 amide bonds. The van der Waals surface area contributed by atoms with Gasteiger partial charge in [-0.25, -0.2) is 0 Å². The molecule has 2 saturated carbocycles. The highest BCUT2D eigenvalue weighted by molar-refractivity contribution is 5.32. The fraction of sp³-hybridized carbons (Fsp3) is 0.889. The van der Waals surface area contributed by atoms with Crippen LogP contribution in [0.4, 0.5) is 0 Å². The Morgan fingerprint density at radius 3 is 2.43 bits per heavy atom. The summed E-state index contributed by atoms with van der Waals surface area (Å²) in [5, 5.41) is 0. The minimum absolute atomic E-state index is 0.103. The van der Waals surface area contributed by atoms with Gasteiger partial charge in [-0.15, -0.1) is 0 Å². The molecule has 6 atom stereocenters. The van der Waals surface area contributed by atoms with Crippen LogP contribution in [0.3, 0.4) is 0 Å². The van der Waals surface area contributed by atoms with Crippen molar-refractivity contribution in [1.82, 2.24) is 0 Å². The van der Waals surface area contributed by atoms with Crippen molar-refractivity contribution in [1.29, 1.82) is 0 Å².